The van der Waals surface area contributed by atoms with Crippen LogP contribution in [0.15, 0.2) is 29.8 Å². The van der Waals surface area contributed by atoms with Gasteiger partial charge in [-0.25, -0.2) is 0 Å². The zero-order chi connectivity index (χ0) is 16.1. The summed E-state index contributed by atoms with van der Waals surface area (Å²) in [6, 6.07) is 3.67. The predicted molar refractivity (Wildman–Crippen MR) is 70.7 cm³/mol. The van der Waals surface area contributed by atoms with Crippen LogP contribution in [0.25, 0.3) is 5.76 Å². The maximum Gasteiger partial charge on any atom is 0.416 e. The molecule has 2 N–H and O–H groups in total. The molecule has 1 saturated heterocycles. The molecule has 0 atom stereocenters. The van der Waals surface area contributed by atoms with Crippen molar-refractivity contribution in [2.24, 2.45) is 0 Å². The van der Waals surface area contributed by atoms with E-state index in [4.69, 9.17) is 0 Å². The van der Waals surface area contributed by atoms with Crippen molar-refractivity contribution in [1.29, 1.82) is 0 Å². The van der Waals surface area contributed by atoms with Gasteiger partial charge in [-0.15, -0.1) is 0 Å². The third-order valence-corrected chi connectivity index (χ3v) is 4.17. The van der Waals surface area contributed by atoms with Crippen LogP contribution >= 0.6 is 0 Å². The predicted octanol–water partition coefficient (Wildman–Crippen LogP) is 2.60. The van der Waals surface area contributed by atoms with Crippen molar-refractivity contribution in [2.75, 3.05) is 0 Å². The summed E-state index contributed by atoms with van der Waals surface area (Å²) in [5, 5.41) is 12.7. The van der Waals surface area contributed by atoms with E-state index >= 15 is 0 Å². The zero-order valence-electron chi connectivity index (χ0n) is 11.3. The van der Waals surface area contributed by atoms with E-state index < -0.39 is 34.7 Å². The molecule has 1 spiro atoms. The standard InChI is InChI=1S/C15H12F3NO3/c16-15(17,18)9-4-2-8(3-5-9)11(20)10-12(21)14(6-1-7-14)19-13(10)22/h2-5,20H,1,6-7H2,(H,19,22). The Labute approximate surface area is 123 Å². The maximum absolute atomic E-state index is 12.5. The van der Waals surface area contributed by atoms with Gasteiger partial charge in [-0.2, -0.15) is 13.2 Å². The molecule has 1 aliphatic heterocycles. The Balaban J connectivity index is 1.97. The molecule has 22 heavy (non-hydrogen) atoms. The van der Waals surface area contributed by atoms with E-state index in [1.54, 1.807) is 0 Å². The number of Topliss-reactive ketones (excluding diaryl/α,β-unsaturated/α-hetero) is 1. The lowest BCUT2D eigenvalue weighted by molar-refractivity contribution is -0.137. The number of rotatable bonds is 1. The summed E-state index contributed by atoms with van der Waals surface area (Å²) < 4.78 is 37.5. The Bertz CT molecular complexity index is 685. The van der Waals surface area contributed by atoms with Gasteiger partial charge in [-0.05, 0) is 31.4 Å². The first kappa shape index (κ1) is 14.6. The highest BCUT2D eigenvalue weighted by molar-refractivity contribution is 6.32. The number of aliphatic hydroxyl groups excluding tert-OH is 1. The molecule has 1 heterocycles. The molecule has 2 aliphatic rings. The van der Waals surface area contributed by atoms with E-state index in [0.717, 1.165) is 30.7 Å². The number of alkyl halides is 3. The lowest BCUT2D eigenvalue weighted by atomic mass is 9.74. The third-order valence-electron chi connectivity index (χ3n) is 4.17. The van der Waals surface area contributed by atoms with Crippen LogP contribution in [0.4, 0.5) is 13.2 Å². The molecular formula is C15H12F3NO3. The molecule has 1 aliphatic carbocycles. The maximum atomic E-state index is 12.5. The van der Waals surface area contributed by atoms with Gasteiger partial charge in [0, 0.05) is 5.56 Å². The highest BCUT2D eigenvalue weighted by atomic mass is 19.4. The van der Waals surface area contributed by atoms with Crippen molar-refractivity contribution in [3.8, 4) is 0 Å². The first-order valence-electron chi connectivity index (χ1n) is 6.73. The SMILES string of the molecule is O=C1NC2(CCC2)C(=O)C1=C(O)c1ccc(C(F)(F)F)cc1. The molecule has 4 nitrogen and oxygen atoms in total. The number of amides is 1. The molecule has 1 saturated carbocycles. The molecule has 3 rings (SSSR count). The number of halogens is 3. The highest BCUT2D eigenvalue weighted by Crippen LogP contribution is 2.40. The molecule has 1 amide bonds. The fourth-order valence-corrected chi connectivity index (χ4v) is 2.74. The van der Waals surface area contributed by atoms with Crippen LogP contribution < -0.4 is 5.32 Å². The molecule has 0 radical (unpaired) electrons. The summed E-state index contributed by atoms with van der Waals surface area (Å²) in [5.41, 5.74) is -2.17. The van der Waals surface area contributed by atoms with Gasteiger partial charge in [0.25, 0.3) is 5.91 Å². The van der Waals surface area contributed by atoms with Crippen molar-refractivity contribution in [2.45, 2.75) is 31.0 Å². The first-order valence-corrected chi connectivity index (χ1v) is 6.73. The molecule has 1 aromatic carbocycles. The average molecular weight is 311 g/mol. The Morgan fingerprint density at radius 3 is 2.14 bits per heavy atom. The topological polar surface area (TPSA) is 66.4 Å². The number of benzene rings is 1. The lowest BCUT2D eigenvalue weighted by Gasteiger charge is -2.35. The molecular weight excluding hydrogens is 299 g/mol. The number of hydrogen-bond acceptors (Lipinski definition) is 3. The molecule has 0 aromatic heterocycles. The van der Waals surface area contributed by atoms with Gasteiger partial charge >= 0.3 is 6.18 Å². The molecule has 0 bridgehead atoms. The minimum atomic E-state index is -4.49. The van der Waals surface area contributed by atoms with Gasteiger partial charge in [-0.3, -0.25) is 9.59 Å². The van der Waals surface area contributed by atoms with Gasteiger partial charge in [-0.1, -0.05) is 12.1 Å². The molecule has 7 heteroatoms. The van der Waals surface area contributed by atoms with E-state index in [1.807, 2.05) is 0 Å². The van der Waals surface area contributed by atoms with Gasteiger partial charge < -0.3 is 10.4 Å². The molecule has 0 unspecified atom stereocenters. The van der Waals surface area contributed by atoms with E-state index in [1.165, 1.54) is 0 Å². The van der Waals surface area contributed by atoms with Gasteiger partial charge in [0.05, 0.1) is 5.56 Å². The largest absolute Gasteiger partial charge is 0.506 e. The van der Waals surface area contributed by atoms with E-state index in [0.29, 0.717) is 12.8 Å². The summed E-state index contributed by atoms with van der Waals surface area (Å²) in [6.45, 7) is 0. The summed E-state index contributed by atoms with van der Waals surface area (Å²) in [6.07, 6.45) is -2.65. The number of nitrogens with one attached hydrogen (secondary N) is 1. The second kappa shape index (κ2) is 4.59. The summed E-state index contributed by atoms with van der Waals surface area (Å²) in [7, 11) is 0. The van der Waals surface area contributed by atoms with Crippen LogP contribution in [0.5, 0.6) is 0 Å². The minimum absolute atomic E-state index is 0.00266. The Morgan fingerprint density at radius 2 is 1.73 bits per heavy atom. The van der Waals surface area contributed by atoms with Gasteiger partial charge in [0.1, 0.15) is 16.9 Å². The number of carbonyl (C=O) groups is 2. The second-order valence-corrected chi connectivity index (χ2v) is 5.52. The fourth-order valence-electron chi connectivity index (χ4n) is 2.74. The Morgan fingerprint density at radius 1 is 1.14 bits per heavy atom. The van der Waals surface area contributed by atoms with Crippen molar-refractivity contribution in [3.63, 3.8) is 0 Å². The van der Waals surface area contributed by atoms with Crippen LogP contribution in [0, 0.1) is 0 Å². The van der Waals surface area contributed by atoms with Crippen molar-refractivity contribution in [1.82, 2.24) is 5.32 Å². The van der Waals surface area contributed by atoms with Crippen LogP contribution in [-0.2, 0) is 15.8 Å². The van der Waals surface area contributed by atoms with E-state index in [2.05, 4.69) is 5.32 Å². The molecule has 1 aromatic rings. The second-order valence-electron chi connectivity index (χ2n) is 5.52. The van der Waals surface area contributed by atoms with Crippen molar-refractivity contribution < 1.29 is 27.9 Å². The smallest absolute Gasteiger partial charge is 0.416 e. The minimum Gasteiger partial charge on any atom is -0.506 e. The van der Waals surface area contributed by atoms with Crippen LogP contribution in [0.2, 0.25) is 0 Å². The van der Waals surface area contributed by atoms with Crippen molar-refractivity contribution >= 4 is 17.4 Å². The normalized spacial score (nSPS) is 22.5. The Hall–Kier alpha value is -2.31. The summed E-state index contributed by atoms with van der Waals surface area (Å²) in [5.74, 6) is -1.75. The fraction of sp³-hybridized carbons (Fsp3) is 0.333. The lowest BCUT2D eigenvalue weighted by Crippen LogP contribution is -2.52. The van der Waals surface area contributed by atoms with Crippen LogP contribution in [0.1, 0.15) is 30.4 Å². The van der Waals surface area contributed by atoms with Crippen molar-refractivity contribution in [3.05, 3.63) is 41.0 Å². The number of carbonyl (C=O) groups excluding carboxylic acids is 2. The first-order chi connectivity index (χ1) is 10.2. The zero-order valence-corrected chi connectivity index (χ0v) is 11.3. The monoisotopic (exact) mass is 311 g/mol. The number of aliphatic hydroxyl groups is 1. The van der Waals surface area contributed by atoms with Crippen LogP contribution in [0.3, 0.4) is 0 Å². The number of ketones is 1. The summed E-state index contributed by atoms with van der Waals surface area (Å²) >= 11 is 0. The highest BCUT2D eigenvalue weighted by Gasteiger charge is 2.54. The van der Waals surface area contributed by atoms with Crippen LogP contribution in [-0.4, -0.2) is 22.3 Å². The average Bonchev–Trinajstić information content (AvgIpc) is 2.69. The quantitative estimate of drug-likeness (QED) is 0.476. The number of hydrogen-bond donors (Lipinski definition) is 2. The van der Waals surface area contributed by atoms with Gasteiger partial charge in [0.15, 0.2) is 5.78 Å². The molecule has 116 valence electrons. The van der Waals surface area contributed by atoms with E-state index in [9.17, 15) is 27.9 Å². The summed E-state index contributed by atoms with van der Waals surface area (Å²) in [4.78, 5) is 24.2. The van der Waals surface area contributed by atoms with E-state index in [-0.39, 0.29) is 11.1 Å². The Kier molecular flexibility index (Phi) is 3.05. The van der Waals surface area contributed by atoms with Gasteiger partial charge in [0.2, 0.25) is 0 Å². The third kappa shape index (κ3) is 2.08. The molecule has 2 fully saturated rings.